The second kappa shape index (κ2) is 22.9. The van der Waals surface area contributed by atoms with E-state index >= 15 is 4.39 Å². The lowest BCUT2D eigenvalue weighted by atomic mass is 9.77. The lowest BCUT2D eigenvalue weighted by Gasteiger charge is -2.38. The number of carboxylic acids is 1. The maximum absolute atomic E-state index is 16.7. The van der Waals surface area contributed by atoms with Crippen LogP contribution >= 0.6 is 11.8 Å². The van der Waals surface area contributed by atoms with Gasteiger partial charge in [0.2, 0.25) is 24.0 Å². The molecule has 0 radical (unpaired) electrons. The van der Waals surface area contributed by atoms with E-state index in [0.717, 1.165) is 29.2 Å². The average molecular weight is 1200 g/mol. The zero-order chi connectivity index (χ0) is 59.6. The van der Waals surface area contributed by atoms with Gasteiger partial charge in [-0.25, -0.2) is 18.9 Å². The van der Waals surface area contributed by atoms with Crippen LogP contribution in [0.15, 0.2) is 41.3 Å². The van der Waals surface area contributed by atoms with Crippen LogP contribution in [0, 0.1) is 5.82 Å². The Labute approximate surface area is 474 Å². The van der Waals surface area contributed by atoms with E-state index in [-0.39, 0.29) is 140 Å². The van der Waals surface area contributed by atoms with Crippen molar-refractivity contribution in [1.29, 1.82) is 0 Å². The number of rotatable bonds is 20. The van der Waals surface area contributed by atoms with Crippen LogP contribution in [0.3, 0.4) is 0 Å². The molecule has 83 heavy (non-hydrogen) atoms. The minimum absolute atomic E-state index is 0.0354. The number of nitrogens with one attached hydrogen (secondary N) is 1. The van der Waals surface area contributed by atoms with Crippen molar-refractivity contribution in [2.45, 2.75) is 113 Å². The maximum Gasteiger partial charge on any atom is 0.501 e. The van der Waals surface area contributed by atoms with Gasteiger partial charge in [0.15, 0.2) is 35.0 Å². The molecule has 2 fully saturated rings. The van der Waals surface area contributed by atoms with Gasteiger partial charge >= 0.3 is 16.4 Å². The van der Waals surface area contributed by atoms with E-state index in [1.807, 2.05) is 0 Å². The van der Waals surface area contributed by atoms with Crippen LogP contribution in [0.4, 0.5) is 4.39 Å². The minimum atomic E-state index is -5.58. The Morgan fingerprint density at radius 1 is 0.988 bits per heavy atom. The molecule has 28 nitrogen and oxygen atoms in total. The van der Waals surface area contributed by atoms with Crippen molar-refractivity contribution in [2.75, 3.05) is 39.7 Å². The Morgan fingerprint density at radius 3 is 2.47 bits per heavy atom. The van der Waals surface area contributed by atoms with Gasteiger partial charge in [-0.15, -0.1) is 13.5 Å². The summed E-state index contributed by atoms with van der Waals surface area (Å²) in [5, 5.41) is 73.1. The summed E-state index contributed by atoms with van der Waals surface area (Å²) in [4.78, 5) is 97.8. The third kappa shape index (κ3) is 10.9. The number of thioether (sulfide) groups is 1. The number of aromatic nitrogens is 5. The molecule has 3 aliphatic heterocycles. The number of hydrogen-bond acceptors (Lipinski definition) is 23. The molecule has 2 saturated heterocycles. The molecule has 8 atom stereocenters. The SMILES string of the molecule is CC[C@@]1(O)C(=O)CCc2c1cc1n(c2=O)Cc2c-1nc1cc(F)c(OS(=O)(=O)Oc3cc(C(=O)N(C)CCOCCn4cc(CN5C(=O)CC(SC)C5=O)nn4)ccc3O[C@@H]3O[C@H](C(=O)O)[C@@H](O)[C@H](O)[C@H]3O)c3c1c2[C@H](NC(=O)CO)CC3. The topological polar surface area (TPSA) is 388 Å². The third-order valence-corrected chi connectivity index (χ3v) is 17.0. The molecule has 0 saturated carbocycles. The number of ether oxygens (including phenoxy) is 3. The molecule has 1 unspecified atom stereocenters. The fourth-order valence-electron chi connectivity index (χ4n) is 11.0. The van der Waals surface area contributed by atoms with Crippen molar-refractivity contribution < 1.29 is 94.8 Å². The summed E-state index contributed by atoms with van der Waals surface area (Å²) in [6.45, 7) is 0.674. The first-order chi connectivity index (χ1) is 39.5. The lowest BCUT2D eigenvalue weighted by molar-refractivity contribution is -0.271. The number of aliphatic carboxylic acids is 1. The van der Waals surface area contributed by atoms with Crippen LogP contribution in [0.1, 0.15) is 82.5 Å². The Hall–Kier alpha value is -7.49. The molecular formula is C52H55FN8O20S2. The minimum Gasteiger partial charge on any atom is -0.479 e. The van der Waals surface area contributed by atoms with E-state index in [4.69, 9.17) is 27.6 Å². The van der Waals surface area contributed by atoms with Gasteiger partial charge in [0.05, 0.1) is 67.2 Å². The predicted octanol–water partition coefficient (Wildman–Crippen LogP) is -0.883. The highest BCUT2D eigenvalue weighted by atomic mass is 32.3. The number of amides is 4. The number of hydrogen-bond donors (Lipinski definition) is 7. The third-order valence-electron chi connectivity index (χ3n) is 15.3. The number of likely N-dealkylation sites (N-methyl/N-ethyl adjacent to an activating group) is 1. The van der Waals surface area contributed by atoms with Crippen molar-refractivity contribution in [3.8, 4) is 28.6 Å². The van der Waals surface area contributed by atoms with E-state index in [2.05, 4.69) is 15.6 Å². The summed E-state index contributed by atoms with van der Waals surface area (Å²) >= 11 is 1.29. The first-order valence-corrected chi connectivity index (χ1v) is 28.7. The van der Waals surface area contributed by atoms with Crippen molar-refractivity contribution in [2.24, 2.45) is 0 Å². The van der Waals surface area contributed by atoms with Crippen molar-refractivity contribution in [3.63, 3.8) is 0 Å². The summed E-state index contributed by atoms with van der Waals surface area (Å²) in [7, 11) is -4.19. The Balaban J connectivity index is 0.920. The van der Waals surface area contributed by atoms with Crippen molar-refractivity contribution in [3.05, 3.63) is 91.8 Å². The highest BCUT2D eigenvalue weighted by Gasteiger charge is 2.49. The number of carbonyl (C=O) groups excluding carboxylic acids is 5. The molecule has 3 aromatic heterocycles. The molecule has 6 heterocycles. The number of imide groups is 1. The van der Waals surface area contributed by atoms with Gasteiger partial charge in [-0.2, -0.15) is 11.8 Å². The number of aliphatic hydroxyl groups excluding tert-OH is 4. The van der Waals surface area contributed by atoms with E-state index in [0.29, 0.717) is 11.3 Å². The largest absolute Gasteiger partial charge is 0.501 e. The van der Waals surface area contributed by atoms with Gasteiger partial charge in [0, 0.05) is 65.7 Å². The van der Waals surface area contributed by atoms with Gasteiger partial charge in [-0.05, 0) is 61.8 Å². The molecule has 0 spiro atoms. The number of likely N-dealkylation sites (tertiary alicyclic amines) is 1. The van der Waals surface area contributed by atoms with Crippen LogP contribution in [0.5, 0.6) is 17.2 Å². The number of halogens is 1. The zero-order valence-electron chi connectivity index (χ0n) is 44.4. The summed E-state index contributed by atoms with van der Waals surface area (Å²) < 4.78 is 75.5. The number of aliphatic hydroxyl groups is 5. The van der Waals surface area contributed by atoms with Gasteiger partial charge in [0.1, 0.15) is 36.2 Å². The Bertz CT molecular complexity index is 3690. The molecule has 10 rings (SSSR count). The molecule has 7 N–H and O–H groups in total. The molecule has 2 aliphatic carbocycles. The maximum atomic E-state index is 16.7. The summed E-state index contributed by atoms with van der Waals surface area (Å²) in [6.07, 6.45) is -7.65. The van der Waals surface area contributed by atoms with Crippen LogP contribution in [-0.4, -0.2) is 184 Å². The van der Waals surface area contributed by atoms with Gasteiger partial charge < -0.3 is 68.0 Å². The predicted molar refractivity (Wildman–Crippen MR) is 281 cm³/mol. The molecule has 2 aromatic carbocycles. The molecule has 31 heteroatoms. The average Bonchev–Trinajstić information content (AvgIpc) is 2.30. The van der Waals surface area contributed by atoms with Crippen molar-refractivity contribution >= 4 is 68.4 Å². The van der Waals surface area contributed by atoms with Crippen molar-refractivity contribution in [1.82, 2.24) is 39.7 Å². The quantitative estimate of drug-likeness (QED) is 0.0360. The van der Waals surface area contributed by atoms with Gasteiger partial charge in [0.25, 0.3) is 11.5 Å². The lowest BCUT2D eigenvalue weighted by Crippen LogP contribution is -2.61. The van der Waals surface area contributed by atoms with E-state index in [1.165, 1.54) is 39.0 Å². The summed E-state index contributed by atoms with van der Waals surface area (Å²) in [5.74, 6) is -8.14. The molecule has 5 aliphatic rings. The normalized spacial score (nSPS) is 23.7. The fraction of sp³-hybridized carbons (Fsp3) is 0.462. The second-order valence-electron chi connectivity index (χ2n) is 20.3. The number of ketones is 1. The Morgan fingerprint density at radius 2 is 1.76 bits per heavy atom. The van der Waals surface area contributed by atoms with Crippen LogP contribution in [-0.2, 0) is 81.9 Å². The summed E-state index contributed by atoms with van der Waals surface area (Å²) in [5.41, 5.74) is -1.27. The van der Waals surface area contributed by atoms with E-state index in [1.54, 1.807) is 19.4 Å². The number of benzene rings is 2. The molecule has 5 aromatic rings. The van der Waals surface area contributed by atoms with Crippen LogP contribution in [0.2, 0.25) is 0 Å². The zero-order valence-corrected chi connectivity index (χ0v) is 46.1. The highest BCUT2D eigenvalue weighted by molar-refractivity contribution is 8.00. The number of fused-ring (bicyclic) bond motifs is 5. The smallest absolute Gasteiger partial charge is 0.479 e. The standard InChI is InChI=1S/C52H55FN8O20S2/c1-4-52(74)28-16-32-41-27(21-60(32)48(70)25(28)7-10-36(52)63)40-30(54-37(64)22-62)8-6-26-39(40)31(55-41)17-29(53)45(26)81-83(75,76)80-34-15-23(5-9-33(34)78-51-44(68)42(66)43(67)46(79-51)50(72)73)47(69)58(2)11-13-77-14-12-59-19-24(56-57-59)20-61-38(65)18-35(82-3)49(61)71/h5,9,15-17,19,30,35,42-44,46,51,62,66-68,74H,4,6-8,10-14,18,20-22H2,1-3H3,(H,54,64)(H,72,73)/t30-,35?,42+,43+,44-,46+,51-,52+/m1/s1. The molecule has 442 valence electrons. The monoisotopic (exact) mass is 1190 g/mol. The van der Waals surface area contributed by atoms with E-state index in [9.17, 15) is 72.6 Å². The molecule has 0 bridgehead atoms. The summed E-state index contributed by atoms with van der Waals surface area (Å²) in [6, 6.07) is 4.39. The number of carboxylic acid groups (broad SMARTS) is 1. The Kier molecular flexibility index (Phi) is 16.2. The van der Waals surface area contributed by atoms with Crippen LogP contribution in [0.25, 0.3) is 22.3 Å². The van der Waals surface area contributed by atoms with Gasteiger partial charge in [-0.3, -0.25) is 33.7 Å². The number of aryl methyl sites for hydroxylation is 1. The molecular weight excluding hydrogens is 1140 g/mol. The van der Waals surface area contributed by atoms with Gasteiger partial charge in [-0.1, -0.05) is 12.1 Å². The number of pyridine rings is 2. The number of nitrogens with zero attached hydrogens (tertiary/aromatic N) is 7. The van der Waals surface area contributed by atoms with Crippen LogP contribution < -0.4 is 24.0 Å². The highest BCUT2D eigenvalue weighted by Crippen LogP contribution is 2.48. The number of carbonyl (C=O) groups is 6. The first-order valence-electron chi connectivity index (χ1n) is 26.0. The van der Waals surface area contributed by atoms with E-state index < -0.39 is 117 Å². The fourth-order valence-corrected chi connectivity index (χ4v) is 12.4. The second-order valence-corrected chi connectivity index (χ2v) is 22.5. The first kappa shape index (κ1) is 58.7. The number of Topliss-reactive ketones (excluding diaryl/α,β-unsaturated/α-hetero) is 1. The molecule has 4 amide bonds.